The Balaban J connectivity index is -0.00000121. The number of unbranched alkanes of at least 4 members (excludes halogenated alkanes) is 1. The van der Waals surface area contributed by atoms with Gasteiger partial charge in [-0.25, -0.2) is 5.57 Å². The summed E-state index contributed by atoms with van der Waals surface area (Å²) < 4.78 is 0. The summed E-state index contributed by atoms with van der Waals surface area (Å²) in [5, 5.41) is 3.27. The van der Waals surface area contributed by atoms with Gasteiger partial charge in [0.25, 0.3) is 0 Å². The van der Waals surface area contributed by atoms with Crippen LogP contribution in [0, 0.1) is 12.0 Å². The molecular weight excluding hydrogens is 423 g/mol. The molecular formula is C20H29Cl3SiTi. The third kappa shape index (κ3) is 7.20. The molecule has 0 saturated carbocycles. The Morgan fingerprint density at radius 1 is 1.08 bits per heavy atom. The van der Waals surface area contributed by atoms with Crippen molar-refractivity contribution in [3.63, 3.8) is 0 Å². The Hall–Kier alpha value is 0.501. The van der Waals surface area contributed by atoms with Crippen LogP contribution in [0.4, 0.5) is 0 Å². The van der Waals surface area contributed by atoms with E-state index in [0.29, 0.717) is 5.92 Å². The van der Waals surface area contributed by atoms with E-state index in [0.717, 1.165) is 6.42 Å². The van der Waals surface area contributed by atoms with Crippen LogP contribution in [0.15, 0.2) is 47.2 Å². The number of halogens is 3. The summed E-state index contributed by atoms with van der Waals surface area (Å²) >= 11 is 0. The molecule has 0 aromatic heterocycles. The quantitative estimate of drug-likeness (QED) is 0.297. The summed E-state index contributed by atoms with van der Waals surface area (Å²) in [5.74, 6) is 0.649. The minimum atomic E-state index is -1.59. The third-order valence-corrected chi connectivity index (χ3v) is 9.65. The number of rotatable bonds is 7. The first-order valence-corrected chi connectivity index (χ1v) is 11.2. The number of hydrogen-bond donors (Lipinski definition) is 0. The first-order valence-electron chi connectivity index (χ1n) is 8.50. The summed E-state index contributed by atoms with van der Waals surface area (Å²) in [5.41, 5.74) is 1.53. The molecule has 0 nitrogen and oxygen atoms in total. The zero-order valence-corrected chi connectivity index (χ0v) is 20.5. The van der Waals surface area contributed by atoms with E-state index in [4.69, 9.17) is 0 Å². The average molecular weight is 452 g/mol. The molecule has 0 saturated heterocycles. The maximum atomic E-state index is 3.67. The van der Waals surface area contributed by atoms with E-state index in [9.17, 15) is 0 Å². The van der Waals surface area contributed by atoms with E-state index in [1.807, 2.05) is 0 Å². The normalized spacial score (nSPS) is 15.8. The molecule has 0 heterocycles. The predicted molar refractivity (Wildman–Crippen MR) is 96.3 cm³/mol. The van der Waals surface area contributed by atoms with Gasteiger partial charge in [0, 0.05) is 8.07 Å². The summed E-state index contributed by atoms with van der Waals surface area (Å²) in [7, 11) is -1.59. The Morgan fingerprint density at radius 3 is 2.20 bits per heavy atom. The van der Waals surface area contributed by atoms with Crippen LogP contribution in [0.25, 0.3) is 0 Å². The van der Waals surface area contributed by atoms with Crippen LogP contribution < -0.4 is 42.4 Å². The Labute approximate surface area is 189 Å². The molecule has 0 fully saturated rings. The van der Waals surface area contributed by atoms with E-state index >= 15 is 0 Å². The predicted octanol–water partition coefficient (Wildman–Crippen LogP) is -3.57. The Morgan fingerprint density at radius 2 is 1.68 bits per heavy atom. The van der Waals surface area contributed by atoms with Gasteiger partial charge >= 0.3 is 21.7 Å². The second-order valence-electron chi connectivity index (χ2n) is 6.52. The van der Waals surface area contributed by atoms with Gasteiger partial charge < -0.3 is 37.2 Å². The molecule has 1 aromatic carbocycles. The van der Waals surface area contributed by atoms with Crippen LogP contribution in [0.3, 0.4) is 0 Å². The minimum Gasteiger partial charge on any atom is -1.00 e. The topological polar surface area (TPSA) is 0 Å². The Kier molecular flexibility index (Phi) is 17.6. The molecule has 0 aliphatic heterocycles. The largest absolute Gasteiger partial charge is 4.00 e. The molecule has 1 aliphatic carbocycles. The van der Waals surface area contributed by atoms with Crippen LogP contribution in [0.5, 0.6) is 0 Å². The van der Waals surface area contributed by atoms with E-state index < -0.39 is 8.07 Å². The zero-order valence-electron chi connectivity index (χ0n) is 15.7. The van der Waals surface area contributed by atoms with E-state index in [1.54, 1.807) is 10.4 Å². The van der Waals surface area contributed by atoms with E-state index in [1.165, 1.54) is 30.9 Å². The zero-order chi connectivity index (χ0) is 15.3. The molecule has 0 amide bonds. The third-order valence-electron chi connectivity index (χ3n) is 5.03. The molecule has 25 heavy (non-hydrogen) atoms. The van der Waals surface area contributed by atoms with Crippen LogP contribution in [0.2, 0.25) is 12.6 Å². The summed E-state index contributed by atoms with van der Waals surface area (Å²) in [6, 6.07) is 12.6. The van der Waals surface area contributed by atoms with Crippen molar-refractivity contribution in [1.82, 2.24) is 0 Å². The number of hydrogen-bond acceptors (Lipinski definition) is 0. The molecule has 1 aromatic rings. The molecule has 1 aliphatic rings. The first-order chi connectivity index (χ1) is 10.1. The van der Waals surface area contributed by atoms with Gasteiger partial charge in [0.2, 0.25) is 0 Å². The SMILES string of the molecule is CCCC[Si](C)(C1=CC[C-]=C1C(C)CC)c1ccccc1.[Cl-].[Cl-].[Cl-].[Ti+4]. The number of benzene rings is 1. The summed E-state index contributed by atoms with van der Waals surface area (Å²) in [6.45, 7) is 9.53. The Bertz CT molecular complexity index is 531. The van der Waals surface area contributed by atoms with Crippen molar-refractivity contribution in [1.29, 1.82) is 0 Å². The first kappa shape index (κ1) is 30.2. The summed E-state index contributed by atoms with van der Waals surface area (Å²) in [4.78, 5) is 0. The van der Waals surface area contributed by atoms with Crippen molar-refractivity contribution in [2.75, 3.05) is 0 Å². The maximum absolute atomic E-state index is 3.67. The van der Waals surface area contributed by atoms with Gasteiger partial charge in [-0.3, -0.25) is 6.08 Å². The fourth-order valence-electron chi connectivity index (χ4n) is 3.41. The van der Waals surface area contributed by atoms with Crippen LogP contribution >= 0.6 is 0 Å². The van der Waals surface area contributed by atoms with Crippen molar-refractivity contribution in [3.05, 3.63) is 53.3 Å². The van der Waals surface area contributed by atoms with Crippen LogP contribution in [-0.4, -0.2) is 8.07 Å². The van der Waals surface area contributed by atoms with Crippen molar-refractivity contribution >= 4 is 13.3 Å². The van der Waals surface area contributed by atoms with Gasteiger partial charge in [0.15, 0.2) is 0 Å². The monoisotopic (exact) mass is 450 g/mol. The fourth-order valence-corrected chi connectivity index (χ4v) is 7.75. The van der Waals surface area contributed by atoms with Gasteiger partial charge in [-0.2, -0.15) is 11.3 Å². The van der Waals surface area contributed by atoms with Crippen molar-refractivity contribution in [3.8, 4) is 0 Å². The van der Waals surface area contributed by atoms with E-state index in [2.05, 4.69) is 69.8 Å². The summed E-state index contributed by atoms with van der Waals surface area (Å²) in [6.07, 6.45) is 11.0. The molecule has 0 bridgehead atoms. The van der Waals surface area contributed by atoms with Gasteiger partial charge in [0.05, 0.1) is 0 Å². The second kappa shape index (κ2) is 14.5. The second-order valence-corrected chi connectivity index (χ2v) is 10.8. The minimum absolute atomic E-state index is 0. The average Bonchev–Trinajstić information content (AvgIpc) is 3.03. The standard InChI is InChI=1S/C20H29Si.3ClH.Ti/c1-5-7-16-21(4,18-12-9-8-10-13-18)20-15-11-14-19(20)17(3)6-2;;;;/h8-10,12-13,15,17H,5-7,11,16H2,1-4H3;3*1H;/q-1;;;;+4/p-3. The molecule has 2 unspecified atom stereocenters. The fraction of sp³-hybridized carbons (Fsp3) is 0.500. The molecule has 2 atom stereocenters. The smallest absolute Gasteiger partial charge is 1.00 e. The maximum Gasteiger partial charge on any atom is 4.00 e. The van der Waals surface area contributed by atoms with Gasteiger partial charge in [-0.1, -0.05) is 94.1 Å². The van der Waals surface area contributed by atoms with Crippen LogP contribution in [0.1, 0.15) is 46.5 Å². The van der Waals surface area contributed by atoms with E-state index in [-0.39, 0.29) is 58.9 Å². The molecule has 2 rings (SSSR count). The van der Waals surface area contributed by atoms with Crippen molar-refractivity contribution in [2.24, 2.45) is 5.92 Å². The van der Waals surface area contributed by atoms with Gasteiger partial charge in [0.1, 0.15) is 0 Å². The number of allylic oxidation sites excluding steroid dienone is 4. The van der Waals surface area contributed by atoms with Gasteiger partial charge in [-0.05, 0) is 0 Å². The van der Waals surface area contributed by atoms with Gasteiger partial charge in [-0.15, -0.1) is 6.42 Å². The molecule has 5 heteroatoms. The molecule has 138 valence electrons. The van der Waals surface area contributed by atoms with Crippen LogP contribution in [-0.2, 0) is 21.7 Å². The molecule has 0 radical (unpaired) electrons. The van der Waals surface area contributed by atoms with Crippen molar-refractivity contribution < 1.29 is 58.9 Å². The molecule has 0 spiro atoms. The molecule has 0 N–H and O–H groups in total. The van der Waals surface area contributed by atoms with Crippen molar-refractivity contribution in [2.45, 2.75) is 59.0 Å².